The number of ether oxygens (including phenoxy) is 2. The molecule has 106 valence electrons. The number of fused-ring (bicyclic) bond motifs is 1. The second kappa shape index (κ2) is 5.44. The third-order valence-corrected chi connectivity index (χ3v) is 3.56. The van der Waals surface area contributed by atoms with E-state index >= 15 is 0 Å². The van der Waals surface area contributed by atoms with Crippen LogP contribution in [0.25, 0.3) is 21.9 Å². The summed E-state index contributed by atoms with van der Waals surface area (Å²) in [5.74, 6) is 1.25. The first-order valence-electron chi connectivity index (χ1n) is 6.63. The van der Waals surface area contributed by atoms with Crippen molar-refractivity contribution >= 4 is 10.8 Å². The molecule has 3 rings (SSSR count). The van der Waals surface area contributed by atoms with Gasteiger partial charge in [-0.2, -0.15) is 0 Å². The quantitative estimate of drug-likeness (QED) is 0.695. The molecule has 0 spiro atoms. The van der Waals surface area contributed by atoms with Crippen molar-refractivity contribution in [1.82, 2.24) is 0 Å². The second-order valence-corrected chi connectivity index (χ2v) is 4.74. The fraction of sp³-hybridized carbons (Fsp3) is 0.111. The Morgan fingerprint density at radius 3 is 2.10 bits per heavy atom. The molecule has 0 unspecified atom stereocenters. The Labute approximate surface area is 122 Å². The number of hydrogen-bond donors (Lipinski definition) is 0. The molecule has 0 saturated carbocycles. The van der Waals surface area contributed by atoms with E-state index in [0.29, 0.717) is 10.9 Å². The fourth-order valence-corrected chi connectivity index (χ4v) is 2.39. The van der Waals surface area contributed by atoms with E-state index in [1.54, 1.807) is 32.4 Å². The molecular formula is C18H15FO2. The molecule has 0 aromatic heterocycles. The van der Waals surface area contributed by atoms with Crippen LogP contribution in [-0.2, 0) is 0 Å². The summed E-state index contributed by atoms with van der Waals surface area (Å²) in [4.78, 5) is 0. The Morgan fingerprint density at radius 2 is 1.43 bits per heavy atom. The van der Waals surface area contributed by atoms with Gasteiger partial charge in [0.05, 0.1) is 14.2 Å². The molecule has 0 radical (unpaired) electrons. The van der Waals surface area contributed by atoms with E-state index in [9.17, 15) is 4.39 Å². The van der Waals surface area contributed by atoms with Gasteiger partial charge in [0.25, 0.3) is 0 Å². The van der Waals surface area contributed by atoms with Crippen molar-refractivity contribution in [3.63, 3.8) is 0 Å². The number of benzene rings is 3. The lowest BCUT2D eigenvalue weighted by Crippen LogP contribution is -1.89. The highest BCUT2D eigenvalue weighted by molar-refractivity contribution is 5.89. The average Bonchev–Trinajstić information content (AvgIpc) is 2.55. The molecule has 0 aliphatic carbocycles. The molecule has 0 N–H and O–H groups in total. The van der Waals surface area contributed by atoms with Crippen LogP contribution in [0.1, 0.15) is 0 Å². The van der Waals surface area contributed by atoms with Crippen molar-refractivity contribution < 1.29 is 13.9 Å². The maximum Gasteiger partial charge on any atom is 0.138 e. The van der Waals surface area contributed by atoms with Crippen molar-refractivity contribution in [2.75, 3.05) is 14.2 Å². The first-order chi connectivity index (χ1) is 10.2. The van der Waals surface area contributed by atoms with E-state index in [2.05, 4.69) is 0 Å². The van der Waals surface area contributed by atoms with E-state index < -0.39 is 0 Å². The number of halogens is 1. The van der Waals surface area contributed by atoms with Crippen LogP contribution in [0, 0.1) is 5.82 Å². The van der Waals surface area contributed by atoms with Crippen LogP contribution in [0.4, 0.5) is 4.39 Å². The highest BCUT2D eigenvalue weighted by Gasteiger charge is 2.10. The molecule has 3 aromatic carbocycles. The van der Waals surface area contributed by atoms with Gasteiger partial charge in [-0.3, -0.25) is 0 Å². The van der Waals surface area contributed by atoms with Gasteiger partial charge >= 0.3 is 0 Å². The maximum absolute atomic E-state index is 14.7. The van der Waals surface area contributed by atoms with Crippen LogP contribution in [-0.4, -0.2) is 14.2 Å². The van der Waals surface area contributed by atoms with Crippen molar-refractivity contribution in [1.29, 1.82) is 0 Å². The zero-order chi connectivity index (χ0) is 14.8. The Hall–Kier alpha value is -2.55. The zero-order valence-electron chi connectivity index (χ0n) is 11.9. The minimum atomic E-state index is -0.222. The van der Waals surface area contributed by atoms with Gasteiger partial charge in [-0.05, 0) is 41.3 Å². The van der Waals surface area contributed by atoms with Crippen LogP contribution < -0.4 is 9.47 Å². The summed E-state index contributed by atoms with van der Waals surface area (Å²) < 4.78 is 25.0. The Bertz CT molecular complexity index is 779. The summed E-state index contributed by atoms with van der Waals surface area (Å²) in [7, 11) is 3.21. The lowest BCUT2D eigenvalue weighted by molar-refractivity contribution is 0.415. The molecular weight excluding hydrogens is 267 g/mol. The van der Waals surface area contributed by atoms with Crippen molar-refractivity contribution in [2.24, 2.45) is 0 Å². The lowest BCUT2D eigenvalue weighted by Gasteiger charge is -2.09. The van der Waals surface area contributed by atoms with E-state index in [-0.39, 0.29) is 5.82 Å². The lowest BCUT2D eigenvalue weighted by atomic mass is 10.00. The van der Waals surface area contributed by atoms with Crippen molar-refractivity contribution in [3.05, 3.63) is 60.4 Å². The normalized spacial score (nSPS) is 10.6. The fourth-order valence-electron chi connectivity index (χ4n) is 2.39. The molecule has 21 heavy (non-hydrogen) atoms. The SMILES string of the molecule is COc1ccc(-c2ccc3cc(OC)ccc3c2F)cc1. The van der Waals surface area contributed by atoms with Gasteiger partial charge in [0.15, 0.2) is 0 Å². The predicted octanol–water partition coefficient (Wildman–Crippen LogP) is 4.66. The highest BCUT2D eigenvalue weighted by Crippen LogP contribution is 2.31. The molecule has 0 amide bonds. The molecule has 0 bridgehead atoms. The highest BCUT2D eigenvalue weighted by atomic mass is 19.1. The summed E-state index contributed by atoms with van der Waals surface area (Å²) in [6.07, 6.45) is 0. The van der Waals surface area contributed by atoms with Gasteiger partial charge in [-0.15, -0.1) is 0 Å². The summed E-state index contributed by atoms with van der Waals surface area (Å²) in [6, 6.07) is 16.4. The molecule has 2 nitrogen and oxygen atoms in total. The molecule has 0 atom stereocenters. The summed E-state index contributed by atoms with van der Waals surface area (Å²) >= 11 is 0. The predicted molar refractivity (Wildman–Crippen MR) is 82.4 cm³/mol. The third kappa shape index (κ3) is 2.42. The zero-order valence-corrected chi connectivity index (χ0v) is 11.9. The van der Waals surface area contributed by atoms with Crippen LogP contribution in [0.5, 0.6) is 11.5 Å². The molecule has 0 heterocycles. The van der Waals surface area contributed by atoms with Gasteiger partial charge in [0.1, 0.15) is 17.3 Å². The molecule has 0 saturated heterocycles. The van der Waals surface area contributed by atoms with Gasteiger partial charge in [-0.25, -0.2) is 4.39 Å². The molecule has 0 aliphatic heterocycles. The second-order valence-electron chi connectivity index (χ2n) is 4.74. The van der Waals surface area contributed by atoms with Gasteiger partial charge in [0.2, 0.25) is 0 Å². The number of rotatable bonds is 3. The third-order valence-electron chi connectivity index (χ3n) is 3.56. The first kappa shape index (κ1) is 13.4. The Balaban J connectivity index is 2.12. The minimum Gasteiger partial charge on any atom is -0.497 e. The maximum atomic E-state index is 14.7. The van der Waals surface area contributed by atoms with Gasteiger partial charge in [0, 0.05) is 10.9 Å². The van der Waals surface area contributed by atoms with Crippen molar-refractivity contribution in [2.45, 2.75) is 0 Å². The molecule has 0 aliphatic rings. The van der Waals surface area contributed by atoms with Crippen LogP contribution in [0.3, 0.4) is 0 Å². The van der Waals surface area contributed by atoms with Crippen molar-refractivity contribution in [3.8, 4) is 22.6 Å². The van der Waals surface area contributed by atoms with Crippen LogP contribution in [0.2, 0.25) is 0 Å². The first-order valence-corrected chi connectivity index (χ1v) is 6.63. The van der Waals surface area contributed by atoms with E-state index in [0.717, 1.165) is 22.4 Å². The number of hydrogen-bond acceptors (Lipinski definition) is 2. The van der Waals surface area contributed by atoms with E-state index in [1.165, 1.54) is 0 Å². The Kier molecular flexibility index (Phi) is 3.48. The van der Waals surface area contributed by atoms with E-state index in [1.807, 2.05) is 36.4 Å². The Morgan fingerprint density at radius 1 is 0.762 bits per heavy atom. The largest absolute Gasteiger partial charge is 0.497 e. The standard InChI is InChI=1S/C18H15FO2/c1-20-14-6-3-12(4-7-14)16-9-5-13-11-15(21-2)8-10-17(13)18(16)19/h3-11H,1-2H3. The average molecular weight is 282 g/mol. The van der Waals surface area contributed by atoms with Gasteiger partial charge in [-0.1, -0.05) is 24.3 Å². The monoisotopic (exact) mass is 282 g/mol. The summed E-state index contributed by atoms with van der Waals surface area (Å²) in [5.41, 5.74) is 1.40. The molecule has 3 heteroatoms. The van der Waals surface area contributed by atoms with Gasteiger partial charge < -0.3 is 9.47 Å². The smallest absolute Gasteiger partial charge is 0.138 e. The summed E-state index contributed by atoms with van der Waals surface area (Å²) in [5, 5.41) is 1.41. The molecule has 3 aromatic rings. The van der Waals surface area contributed by atoms with Crippen LogP contribution >= 0.6 is 0 Å². The topological polar surface area (TPSA) is 18.5 Å². The minimum absolute atomic E-state index is 0.222. The van der Waals surface area contributed by atoms with E-state index in [4.69, 9.17) is 9.47 Å². The number of methoxy groups -OCH3 is 2. The molecule has 0 fully saturated rings. The van der Waals surface area contributed by atoms with Crippen LogP contribution in [0.15, 0.2) is 54.6 Å². The summed E-state index contributed by atoms with van der Waals surface area (Å²) in [6.45, 7) is 0.